The highest BCUT2D eigenvalue weighted by Crippen LogP contribution is 2.40. The van der Waals surface area contributed by atoms with Gasteiger partial charge in [0.25, 0.3) is 0 Å². The number of amides is 1. The monoisotopic (exact) mass is 312 g/mol. The lowest BCUT2D eigenvalue weighted by Gasteiger charge is -2.41. The molecule has 1 aliphatic carbocycles. The average molecular weight is 313 g/mol. The Kier molecular flexibility index (Phi) is 5.64. The summed E-state index contributed by atoms with van der Waals surface area (Å²) in [7, 11) is 0. The van der Waals surface area contributed by atoms with E-state index in [1.165, 1.54) is 32.1 Å². The number of rotatable bonds is 5. The molecule has 4 heteroatoms. The Morgan fingerprint density at radius 1 is 1.19 bits per heavy atom. The molecule has 2 unspecified atom stereocenters. The molecule has 1 heterocycles. The van der Waals surface area contributed by atoms with E-state index in [0.29, 0.717) is 17.7 Å². The van der Waals surface area contributed by atoms with Crippen LogP contribution in [0.15, 0.2) is 0 Å². The van der Waals surface area contributed by atoms with Crippen LogP contribution < -0.4 is 5.32 Å². The molecule has 1 N–H and O–H groups in total. The van der Waals surface area contributed by atoms with Gasteiger partial charge in [-0.25, -0.2) is 0 Å². The van der Waals surface area contributed by atoms with Crippen molar-refractivity contribution in [3.05, 3.63) is 0 Å². The van der Waals surface area contributed by atoms with E-state index in [4.69, 9.17) is 0 Å². The van der Waals surface area contributed by atoms with E-state index in [0.717, 1.165) is 6.54 Å². The molecule has 1 amide bonds. The summed E-state index contributed by atoms with van der Waals surface area (Å²) in [4.78, 5) is 15.0. The van der Waals surface area contributed by atoms with Crippen LogP contribution in [0.3, 0.4) is 0 Å². The molecule has 2 aliphatic rings. The molecular formula is C17H32N2OS. The van der Waals surface area contributed by atoms with Crippen LogP contribution in [-0.2, 0) is 4.79 Å². The average Bonchev–Trinajstić information content (AvgIpc) is 2.77. The van der Waals surface area contributed by atoms with Gasteiger partial charge in [0.2, 0.25) is 5.91 Å². The van der Waals surface area contributed by atoms with E-state index < -0.39 is 0 Å². The molecule has 0 bridgehead atoms. The van der Waals surface area contributed by atoms with Gasteiger partial charge in [0.15, 0.2) is 0 Å². The summed E-state index contributed by atoms with van der Waals surface area (Å²) < 4.78 is 0.286. The molecule has 1 saturated heterocycles. The van der Waals surface area contributed by atoms with Gasteiger partial charge in [0, 0.05) is 11.3 Å². The number of thioether (sulfide) groups is 1. The standard InChI is InChI=1S/C17H32N2OS/c1-12(2)14-16(20)19(15(18-14)13(3)4)11-17(21-5)9-7-6-8-10-17/h12-15,18H,6-11H2,1-5H3. The van der Waals surface area contributed by atoms with Crippen LogP contribution >= 0.6 is 11.8 Å². The Hall–Kier alpha value is -0.220. The molecule has 2 rings (SSSR count). The molecule has 3 nitrogen and oxygen atoms in total. The van der Waals surface area contributed by atoms with Crippen molar-refractivity contribution >= 4 is 17.7 Å². The van der Waals surface area contributed by atoms with Crippen LogP contribution in [0.4, 0.5) is 0 Å². The van der Waals surface area contributed by atoms with Crippen LogP contribution in [-0.4, -0.2) is 40.6 Å². The summed E-state index contributed by atoms with van der Waals surface area (Å²) in [5, 5.41) is 3.59. The highest BCUT2D eigenvalue weighted by molar-refractivity contribution is 8.00. The first-order valence-corrected chi connectivity index (χ1v) is 9.74. The van der Waals surface area contributed by atoms with Gasteiger partial charge in [-0.2, -0.15) is 11.8 Å². The Morgan fingerprint density at radius 3 is 2.29 bits per heavy atom. The second kappa shape index (κ2) is 6.91. The Balaban J connectivity index is 2.16. The highest BCUT2D eigenvalue weighted by Gasteiger charge is 2.45. The van der Waals surface area contributed by atoms with E-state index in [1.54, 1.807) is 0 Å². The van der Waals surface area contributed by atoms with Gasteiger partial charge in [-0.1, -0.05) is 47.0 Å². The first kappa shape index (κ1) is 17.1. The molecule has 0 spiro atoms. The molecule has 0 aromatic carbocycles. The fourth-order valence-corrected chi connectivity index (χ4v) is 4.77. The first-order chi connectivity index (χ1) is 9.90. The number of carbonyl (C=O) groups is 1. The SMILES string of the molecule is CSC1(CN2C(=O)C(C(C)C)NC2C(C)C)CCCCC1. The molecule has 1 saturated carbocycles. The third-order valence-electron chi connectivity index (χ3n) is 5.19. The predicted octanol–water partition coefficient (Wildman–Crippen LogP) is 3.49. The third-order valence-corrected chi connectivity index (χ3v) is 6.59. The third kappa shape index (κ3) is 3.58. The smallest absolute Gasteiger partial charge is 0.241 e. The zero-order valence-corrected chi connectivity index (χ0v) is 15.1. The molecule has 122 valence electrons. The Bertz CT molecular complexity index is 364. The van der Waals surface area contributed by atoms with Gasteiger partial charge >= 0.3 is 0 Å². The topological polar surface area (TPSA) is 32.3 Å². The van der Waals surface area contributed by atoms with Crippen molar-refractivity contribution in [1.29, 1.82) is 0 Å². The van der Waals surface area contributed by atoms with Gasteiger partial charge in [0.1, 0.15) is 0 Å². The van der Waals surface area contributed by atoms with Gasteiger partial charge in [-0.3, -0.25) is 10.1 Å². The minimum absolute atomic E-state index is 0.0000957. The normalized spacial score (nSPS) is 29.7. The van der Waals surface area contributed by atoms with Crippen LogP contribution in [0, 0.1) is 11.8 Å². The lowest BCUT2D eigenvalue weighted by atomic mass is 9.87. The minimum Gasteiger partial charge on any atom is -0.324 e. The predicted molar refractivity (Wildman–Crippen MR) is 91.4 cm³/mol. The lowest BCUT2D eigenvalue weighted by molar-refractivity contribution is -0.131. The summed E-state index contributed by atoms with van der Waals surface area (Å²) in [5.41, 5.74) is 0. The fourth-order valence-electron chi connectivity index (χ4n) is 3.80. The molecule has 1 aliphatic heterocycles. The maximum Gasteiger partial charge on any atom is 0.241 e. The fraction of sp³-hybridized carbons (Fsp3) is 0.941. The Morgan fingerprint density at radius 2 is 1.81 bits per heavy atom. The van der Waals surface area contributed by atoms with Crippen LogP contribution in [0.5, 0.6) is 0 Å². The quantitative estimate of drug-likeness (QED) is 0.843. The molecule has 0 radical (unpaired) electrons. The van der Waals surface area contributed by atoms with E-state index in [9.17, 15) is 4.79 Å². The molecule has 2 atom stereocenters. The van der Waals surface area contributed by atoms with Crippen LogP contribution in [0.2, 0.25) is 0 Å². The van der Waals surface area contributed by atoms with Crippen LogP contribution in [0.25, 0.3) is 0 Å². The van der Waals surface area contributed by atoms with Crippen molar-refractivity contribution in [3.8, 4) is 0 Å². The first-order valence-electron chi connectivity index (χ1n) is 8.52. The van der Waals surface area contributed by atoms with E-state index in [-0.39, 0.29) is 17.0 Å². The zero-order valence-electron chi connectivity index (χ0n) is 14.3. The maximum atomic E-state index is 12.8. The second-order valence-corrected chi connectivity index (χ2v) is 8.77. The summed E-state index contributed by atoms with van der Waals surface area (Å²) in [5.74, 6) is 1.14. The minimum atomic E-state index is -0.0000957. The molecular weight excluding hydrogens is 280 g/mol. The van der Waals surface area contributed by atoms with Crippen molar-refractivity contribution in [2.24, 2.45) is 11.8 Å². The highest BCUT2D eigenvalue weighted by atomic mass is 32.2. The summed E-state index contributed by atoms with van der Waals surface area (Å²) in [6, 6.07) is -0.0000957. The summed E-state index contributed by atoms with van der Waals surface area (Å²) in [6.45, 7) is 9.63. The number of hydrogen-bond acceptors (Lipinski definition) is 3. The van der Waals surface area contributed by atoms with Crippen LogP contribution in [0.1, 0.15) is 59.8 Å². The van der Waals surface area contributed by atoms with E-state index in [1.807, 2.05) is 11.8 Å². The summed E-state index contributed by atoms with van der Waals surface area (Å²) in [6.07, 6.45) is 8.94. The number of carbonyl (C=O) groups excluding carboxylic acids is 1. The van der Waals surface area contributed by atoms with E-state index in [2.05, 4.69) is 44.2 Å². The number of nitrogens with one attached hydrogen (secondary N) is 1. The number of nitrogens with zero attached hydrogens (tertiary/aromatic N) is 1. The van der Waals surface area contributed by atoms with Gasteiger partial charge in [0.05, 0.1) is 12.2 Å². The molecule has 2 fully saturated rings. The van der Waals surface area contributed by atoms with Crippen molar-refractivity contribution in [2.45, 2.75) is 76.8 Å². The molecule has 21 heavy (non-hydrogen) atoms. The van der Waals surface area contributed by atoms with Gasteiger partial charge < -0.3 is 4.90 Å². The largest absolute Gasteiger partial charge is 0.324 e. The summed E-state index contributed by atoms with van der Waals surface area (Å²) >= 11 is 1.98. The van der Waals surface area contributed by atoms with E-state index >= 15 is 0 Å². The molecule has 0 aromatic heterocycles. The van der Waals surface area contributed by atoms with Crippen molar-refractivity contribution in [2.75, 3.05) is 12.8 Å². The van der Waals surface area contributed by atoms with Crippen molar-refractivity contribution < 1.29 is 4.79 Å². The van der Waals surface area contributed by atoms with Crippen molar-refractivity contribution in [1.82, 2.24) is 10.2 Å². The number of hydrogen-bond donors (Lipinski definition) is 1. The molecule has 0 aromatic rings. The van der Waals surface area contributed by atoms with Gasteiger partial charge in [-0.15, -0.1) is 0 Å². The Labute approximate surface area is 134 Å². The zero-order chi connectivity index (χ0) is 15.6. The van der Waals surface area contributed by atoms with Crippen molar-refractivity contribution in [3.63, 3.8) is 0 Å². The van der Waals surface area contributed by atoms with Gasteiger partial charge in [-0.05, 0) is 30.9 Å². The lowest BCUT2D eigenvalue weighted by Crippen LogP contribution is -2.49. The second-order valence-electron chi connectivity index (χ2n) is 7.49. The maximum absolute atomic E-state index is 12.8.